The van der Waals surface area contributed by atoms with Gasteiger partial charge in [-0.25, -0.2) is 8.78 Å². The minimum Gasteiger partial charge on any atom is -0.206 e. The van der Waals surface area contributed by atoms with E-state index in [4.69, 9.17) is 0 Å². The summed E-state index contributed by atoms with van der Waals surface area (Å²) in [5.41, 5.74) is 0.848. The number of hydrogen-bond acceptors (Lipinski definition) is 0. The van der Waals surface area contributed by atoms with Crippen molar-refractivity contribution in [3.05, 3.63) is 35.4 Å². The highest BCUT2D eigenvalue weighted by Gasteiger charge is 2.68. The lowest BCUT2D eigenvalue weighted by Crippen LogP contribution is -2.12. The average Bonchev–Trinajstić information content (AvgIpc) is 2.53. The van der Waals surface area contributed by atoms with Gasteiger partial charge in [0.05, 0.1) is 5.41 Å². The molecular weight excluding hydrogens is 170 g/mol. The van der Waals surface area contributed by atoms with Crippen molar-refractivity contribution in [1.29, 1.82) is 0 Å². The van der Waals surface area contributed by atoms with Crippen molar-refractivity contribution >= 4 is 0 Å². The maximum Gasteiger partial charge on any atom is 0.258 e. The molecule has 70 valence electrons. The number of hydrogen-bond donors (Lipinski definition) is 0. The molecule has 0 spiro atoms. The van der Waals surface area contributed by atoms with Crippen LogP contribution < -0.4 is 0 Å². The summed E-state index contributed by atoms with van der Waals surface area (Å²) in [5.74, 6) is -2.50. The van der Waals surface area contributed by atoms with Gasteiger partial charge in [0, 0.05) is 6.42 Å². The fraction of sp³-hybridized carbons (Fsp3) is 0.455. The van der Waals surface area contributed by atoms with Crippen molar-refractivity contribution in [3.63, 3.8) is 0 Å². The van der Waals surface area contributed by atoms with Gasteiger partial charge in [0.2, 0.25) is 0 Å². The molecule has 0 heterocycles. The molecule has 0 aromatic heterocycles. The van der Waals surface area contributed by atoms with E-state index in [2.05, 4.69) is 0 Å². The molecule has 1 atom stereocenters. The van der Waals surface area contributed by atoms with Gasteiger partial charge in [-0.15, -0.1) is 0 Å². The topological polar surface area (TPSA) is 0 Å². The van der Waals surface area contributed by atoms with Crippen LogP contribution in [-0.2, 0) is 5.41 Å². The zero-order valence-corrected chi connectivity index (χ0v) is 7.77. The second-order valence-electron chi connectivity index (χ2n) is 4.03. The van der Waals surface area contributed by atoms with Crippen molar-refractivity contribution < 1.29 is 8.78 Å². The molecule has 0 radical (unpaired) electrons. The third-order valence-electron chi connectivity index (χ3n) is 3.00. The molecule has 0 amide bonds. The number of halogens is 2. The molecule has 1 aliphatic rings. The Bertz CT molecular complexity index is 344. The number of benzene rings is 1. The SMILES string of the molecule is Cc1ccccc1C1(C)CC1(F)F. The summed E-state index contributed by atoms with van der Waals surface area (Å²) in [6.45, 7) is 3.52. The minimum absolute atomic E-state index is 0.00907. The number of alkyl halides is 2. The Kier molecular flexibility index (Phi) is 1.54. The van der Waals surface area contributed by atoms with E-state index in [0.717, 1.165) is 11.1 Å². The molecule has 0 bridgehead atoms. The van der Waals surface area contributed by atoms with E-state index in [-0.39, 0.29) is 6.42 Å². The summed E-state index contributed by atoms with van der Waals surface area (Å²) in [6.07, 6.45) is -0.00907. The van der Waals surface area contributed by atoms with E-state index in [1.165, 1.54) is 0 Å². The van der Waals surface area contributed by atoms with Crippen LogP contribution in [0.2, 0.25) is 0 Å². The van der Waals surface area contributed by atoms with Crippen LogP contribution >= 0.6 is 0 Å². The van der Waals surface area contributed by atoms with Crippen LogP contribution in [0.4, 0.5) is 8.78 Å². The normalized spacial score (nSPS) is 30.2. The van der Waals surface area contributed by atoms with Gasteiger partial charge < -0.3 is 0 Å². The molecule has 2 rings (SSSR count). The van der Waals surface area contributed by atoms with Crippen LogP contribution in [0.15, 0.2) is 24.3 Å². The third-order valence-corrected chi connectivity index (χ3v) is 3.00. The summed E-state index contributed by atoms with van der Waals surface area (Å²) < 4.78 is 26.1. The van der Waals surface area contributed by atoms with Crippen LogP contribution in [-0.4, -0.2) is 5.92 Å². The van der Waals surface area contributed by atoms with E-state index in [1.807, 2.05) is 25.1 Å². The Morgan fingerprint density at radius 1 is 1.23 bits per heavy atom. The van der Waals surface area contributed by atoms with Gasteiger partial charge in [0.15, 0.2) is 0 Å². The second kappa shape index (κ2) is 2.31. The van der Waals surface area contributed by atoms with E-state index in [0.29, 0.717) is 0 Å². The first-order chi connectivity index (χ1) is 5.97. The van der Waals surface area contributed by atoms with Crippen LogP contribution in [0.25, 0.3) is 0 Å². The van der Waals surface area contributed by atoms with Crippen LogP contribution in [0.5, 0.6) is 0 Å². The first kappa shape index (κ1) is 8.67. The summed E-state index contributed by atoms with van der Waals surface area (Å²) >= 11 is 0. The minimum atomic E-state index is -2.50. The smallest absolute Gasteiger partial charge is 0.206 e. The third kappa shape index (κ3) is 1.08. The van der Waals surface area contributed by atoms with Gasteiger partial charge in [-0.1, -0.05) is 24.3 Å². The molecule has 1 saturated carbocycles. The molecule has 13 heavy (non-hydrogen) atoms. The Balaban J connectivity index is 2.44. The average molecular weight is 182 g/mol. The van der Waals surface area contributed by atoms with Gasteiger partial charge in [-0.2, -0.15) is 0 Å². The molecule has 1 aromatic rings. The van der Waals surface area contributed by atoms with Crippen molar-refractivity contribution in [1.82, 2.24) is 0 Å². The molecule has 0 nitrogen and oxygen atoms in total. The van der Waals surface area contributed by atoms with Crippen LogP contribution in [0.1, 0.15) is 24.5 Å². The van der Waals surface area contributed by atoms with E-state index in [9.17, 15) is 8.78 Å². The molecule has 1 aliphatic carbocycles. The maximum absolute atomic E-state index is 13.0. The zero-order chi connectivity index (χ0) is 9.69. The molecule has 0 aliphatic heterocycles. The van der Waals surface area contributed by atoms with Crippen molar-refractivity contribution in [2.45, 2.75) is 31.6 Å². The Morgan fingerprint density at radius 2 is 1.77 bits per heavy atom. The predicted molar refractivity (Wildman–Crippen MR) is 48.1 cm³/mol. The number of aryl methyl sites for hydroxylation is 1. The van der Waals surface area contributed by atoms with Gasteiger partial charge >= 0.3 is 0 Å². The molecule has 2 heteroatoms. The predicted octanol–water partition coefficient (Wildman–Crippen LogP) is 3.29. The lowest BCUT2D eigenvalue weighted by Gasteiger charge is -2.13. The second-order valence-corrected chi connectivity index (χ2v) is 4.03. The van der Waals surface area contributed by atoms with Crippen LogP contribution in [0, 0.1) is 6.92 Å². The van der Waals surface area contributed by atoms with Gasteiger partial charge in [0.25, 0.3) is 5.92 Å². The molecule has 1 aromatic carbocycles. The van der Waals surface area contributed by atoms with Crippen molar-refractivity contribution in [2.24, 2.45) is 0 Å². The highest BCUT2D eigenvalue weighted by atomic mass is 19.3. The summed E-state index contributed by atoms with van der Waals surface area (Å²) in [4.78, 5) is 0. The Hall–Kier alpha value is -0.920. The van der Waals surface area contributed by atoms with E-state index >= 15 is 0 Å². The lowest BCUT2D eigenvalue weighted by atomic mass is 9.93. The maximum atomic E-state index is 13.0. The summed E-state index contributed by atoms with van der Waals surface area (Å²) in [7, 11) is 0. The fourth-order valence-corrected chi connectivity index (χ4v) is 1.88. The highest BCUT2D eigenvalue weighted by Crippen LogP contribution is 2.61. The van der Waals surface area contributed by atoms with Gasteiger partial charge in [0.1, 0.15) is 0 Å². The van der Waals surface area contributed by atoms with Gasteiger partial charge in [-0.3, -0.25) is 0 Å². The molecule has 1 fully saturated rings. The van der Waals surface area contributed by atoms with E-state index in [1.54, 1.807) is 13.0 Å². The lowest BCUT2D eigenvalue weighted by molar-refractivity contribution is 0.0918. The van der Waals surface area contributed by atoms with Crippen molar-refractivity contribution in [3.8, 4) is 0 Å². The Labute approximate surface area is 76.6 Å². The monoisotopic (exact) mass is 182 g/mol. The van der Waals surface area contributed by atoms with Crippen LogP contribution in [0.3, 0.4) is 0 Å². The first-order valence-corrected chi connectivity index (χ1v) is 4.41. The molecular formula is C11H12F2. The largest absolute Gasteiger partial charge is 0.258 e. The molecule has 0 saturated heterocycles. The zero-order valence-electron chi connectivity index (χ0n) is 7.77. The summed E-state index contributed by atoms with van der Waals surface area (Å²) in [6, 6.07) is 7.38. The molecule has 1 unspecified atom stereocenters. The first-order valence-electron chi connectivity index (χ1n) is 4.41. The van der Waals surface area contributed by atoms with Crippen molar-refractivity contribution in [2.75, 3.05) is 0 Å². The van der Waals surface area contributed by atoms with E-state index < -0.39 is 11.3 Å². The highest BCUT2D eigenvalue weighted by molar-refractivity contribution is 5.41. The number of rotatable bonds is 1. The quantitative estimate of drug-likeness (QED) is 0.625. The Morgan fingerprint density at radius 3 is 2.23 bits per heavy atom. The summed E-state index contributed by atoms with van der Waals surface area (Å²) in [5, 5.41) is 0. The molecule has 0 N–H and O–H groups in total. The fourth-order valence-electron chi connectivity index (χ4n) is 1.88. The van der Waals surface area contributed by atoms with Gasteiger partial charge in [-0.05, 0) is 25.0 Å². The standard InChI is InChI=1S/C11H12F2/c1-8-5-3-4-6-9(8)10(2)7-11(10,12)13/h3-6H,7H2,1-2H3.